The second-order valence-electron chi connectivity index (χ2n) is 9.73. The summed E-state index contributed by atoms with van der Waals surface area (Å²) in [5.41, 5.74) is 4.09. The van der Waals surface area contributed by atoms with Crippen molar-refractivity contribution in [1.29, 1.82) is 0 Å². The lowest BCUT2D eigenvalue weighted by Crippen LogP contribution is -2.51. The number of benzene rings is 1. The molecule has 1 aliphatic heterocycles. The Balaban J connectivity index is 1.52. The van der Waals surface area contributed by atoms with Crippen molar-refractivity contribution in [1.82, 2.24) is 15.2 Å². The molecule has 0 spiro atoms. The molecule has 28 heavy (non-hydrogen) atoms. The summed E-state index contributed by atoms with van der Waals surface area (Å²) in [5, 5.41) is 8.44. The van der Waals surface area contributed by atoms with Crippen LogP contribution in [-0.4, -0.2) is 22.6 Å². The zero-order valence-electron chi connectivity index (χ0n) is 17.2. The predicted molar refractivity (Wildman–Crippen MR) is 113 cm³/mol. The lowest BCUT2D eigenvalue weighted by molar-refractivity contribution is -0.124. The summed E-state index contributed by atoms with van der Waals surface area (Å²) in [6.45, 7) is 5.67. The quantitative estimate of drug-likeness (QED) is 0.785. The number of hydrogen-bond acceptors (Lipinski definition) is 2. The van der Waals surface area contributed by atoms with Gasteiger partial charge in [0.25, 0.3) is 0 Å². The highest BCUT2D eigenvalue weighted by molar-refractivity contribution is 5.90. The highest BCUT2D eigenvalue weighted by atomic mass is 16.2. The number of nitrogens with zero attached hydrogens (tertiary/aromatic N) is 1. The van der Waals surface area contributed by atoms with E-state index in [4.69, 9.17) is 0 Å². The molecule has 1 aromatic heterocycles. The fraction of sp³-hybridized carbons (Fsp3) is 0.625. The standard InChI is InChI=1S/C24H33N3O/c1-15(2)11-20-19-7-4-8-22-23(19)17(14-27(22)13-16-9-10-16)12-21(26-20)24(28)25-18-5-3-6-18/h4,7-8,14-16,18,20-21,26H,3,5-6,9-13H2,1-2H3,(H,25,28). The summed E-state index contributed by atoms with van der Waals surface area (Å²) < 4.78 is 2.46. The van der Waals surface area contributed by atoms with Crippen molar-refractivity contribution in [3.8, 4) is 0 Å². The normalized spacial score (nSPS) is 25.0. The minimum atomic E-state index is -0.142. The van der Waals surface area contributed by atoms with Gasteiger partial charge in [-0.2, -0.15) is 0 Å². The number of amides is 1. The van der Waals surface area contributed by atoms with E-state index in [9.17, 15) is 4.79 Å². The summed E-state index contributed by atoms with van der Waals surface area (Å²) in [7, 11) is 0. The molecule has 1 amide bonds. The summed E-state index contributed by atoms with van der Waals surface area (Å²) in [6.07, 6.45) is 10.4. The van der Waals surface area contributed by atoms with E-state index >= 15 is 0 Å². The maximum atomic E-state index is 13.1. The van der Waals surface area contributed by atoms with Gasteiger partial charge in [0.05, 0.1) is 6.04 Å². The maximum absolute atomic E-state index is 13.1. The van der Waals surface area contributed by atoms with Gasteiger partial charge in [-0.3, -0.25) is 10.1 Å². The van der Waals surface area contributed by atoms with Crippen molar-refractivity contribution in [2.45, 2.75) is 83.5 Å². The van der Waals surface area contributed by atoms with E-state index in [-0.39, 0.29) is 18.0 Å². The topological polar surface area (TPSA) is 46.1 Å². The molecule has 2 aromatic rings. The number of hydrogen-bond donors (Lipinski definition) is 2. The van der Waals surface area contributed by atoms with Gasteiger partial charge >= 0.3 is 0 Å². The van der Waals surface area contributed by atoms with Gasteiger partial charge in [-0.25, -0.2) is 0 Å². The minimum absolute atomic E-state index is 0.142. The molecule has 2 saturated carbocycles. The molecule has 5 rings (SSSR count). The molecule has 4 heteroatoms. The predicted octanol–water partition coefficient (Wildman–Crippen LogP) is 4.32. The van der Waals surface area contributed by atoms with E-state index in [0.717, 1.165) is 38.1 Å². The SMILES string of the molecule is CC(C)CC1NC(C(=O)NC2CCC2)Cc2cn(CC3CC3)c3cccc1c23. The van der Waals surface area contributed by atoms with Crippen LogP contribution < -0.4 is 10.6 Å². The van der Waals surface area contributed by atoms with Gasteiger partial charge in [-0.1, -0.05) is 26.0 Å². The van der Waals surface area contributed by atoms with E-state index < -0.39 is 0 Å². The zero-order valence-corrected chi connectivity index (χ0v) is 17.2. The first-order valence-corrected chi connectivity index (χ1v) is 11.3. The van der Waals surface area contributed by atoms with Crippen LogP contribution in [-0.2, 0) is 17.8 Å². The maximum Gasteiger partial charge on any atom is 0.237 e. The van der Waals surface area contributed by atoms with E-state index in [1.165, 1.54) is 41.3 Å². The van der Waals surface area contributed by atoms with Crippen LogP contribution in [0.15, 0.2) is 24.4 Å². The first kappa shape index (κ1) is 18.2. The third-order valence-corrected chi connectivity index (χ3v) is 6.85. The fourth-order valence-electron chi connectivity index (χ4n) is 4.94. The van der Waals surface area contributed by atoms with Crippen LogP contribution in [0, 0.1) is 11.8 Å². The van der Waals surface area contributed by atoms with Crippen LogP contribution in [0.2, 0.25) is 0 Å². The van der Waals surface area contributed by atoms with Gasteiger partial charge in [0, 0.05) is 35.7 Å². The van der Waals surface area contributed by atoms with E-state index in [1.807, 2.05) is 0 Å². The average molecular weight is 380 g/mol. The summed E-state index contributed by atoms with van der Waals surface area (Å²) in [6, 6.07) is 7.23. The zero-order chi connectivity index (χ0) is 19.3. The largest absolute Gasteiger partial charge is 0.352 e. The Kier molecular flexibility index (Phi) is 4.70. The smallest absolute Gasteiger partial charge is 0.237 e. The second kappa shape index (κ2) is 7.22. The molecule has 2 aliphatic carbocycles. The van der Waals surface area contributed by atoms with Crippen molar-refractivity contribution >= 4 is 16.8 Å². The molecule has 2 N–H and O–H groups in total. The third-order valence-electron chi connectivity index (χ3n) is 6.85. The van der Waals surface area contributed by atoms with Crippen LogP contribution in [0.3, 0.4) is 0 Å². The number of rotatable bonds is 6. The van der Waals surface area contributed by atoms with Crippen molar-refractivity contribution in [2.75, 3.05) is 0 Å². The van der Waals surface area contributed by atoms with Crippen LogP contribution in [0.4, 0.5) is 0 Å². The molecular weight excluding hydrogens is 346 g/mol. The molecule has 0 saturated heterocycles. The first-order chi connectivity index (χ1) is 13.6. The van der Waals surface area contributed by atoms with Crippen LogP contribution in [0.1, 0.15) is 69.5 Å². The summed E-state index contributed by atoms with van der Waals surface area (Å²) >= 11 is 0. The Hall–Kier alpha value is -1.81. The average Bonchev–Trinajstić information content (AvgIpc) is 3.39. The first-order valence-electron chi connectivity index (χ1n) is 11.3. The van der Waals surface area contributed by atoms with Gasteiger partial charge in [0.15, 0.2) is 0 Å². The Labute approximate surface area is 168 Å². The Morgan fingerprint density at radius 3 is 2.75 bits per heavy atom. The monoisotopic (exact) mass is 379 g/mol. The highest BCUT2D eigenvalue weighted by Crippen LogP contribution is 2.38. The third kappa shape index (κ3) is 3.47. The van der Waals surface area contributed by atoms with Crippen LogP contribution in [0.5, 0.6) is 0 Å². The van der Waals surface area contributed by atoms with Crippen molar-refractivity contribution in [3.63, 3.8) is 0 Å². The van der Waals surface area contributed by atoms with E-state index in [2.05, 4.69) is 53.4 Å². The second-order valence-corrected chi connectivity index (χ2v) is 9.73. The lowest BCUT2D eigenvalue weighted by Gasteiger charge is -2.30. The number of aromatic nitrogens is 1. The van der Waals surface area contributed by atoms with Gasteiger partial charge in [0.2, 0.25) is 5.91 Å². The molecule has 1 aromatic carbocycles. The number of nitrogens with one attached hydrogen (secondary N) is 2. The molecule has 4 nitrogen and oxygen atoms in total. The summed E-state index contributed by atoms with van der Waals surface area (Å²) in [5.74, 6) is 1.62. The van der Waals surface area contributed by atoms with Gasteiger partial charge in [-0.05, 0) is 74.0 Å². The lowest BCUT2D eigenvalue weighted by atomic mass is 9.92. The van der Waals surface area contributed by atoms with Crippen molar-refractivity contribution in [3.05, 3.63) is 35.5 Å². The van der Waals surface area contributed by atoms with Crippen molar-refractivity contribution in [2.24, 2.45) is 11.8 Å². The Bertz CT molecular complexity index is 875. The number of carbonyl (C=O) groups is 1. The molecule has 0 bridgehead atoms. The van der Waals surface area contributed by atoms with E-state index in [0.29, 0.717) is 12.0 Å². The van der Waals surface area contributed by atoms with Gasteiger partial charge < -0.3 is 9.88 Å². The molecule has 150 valence electrons. The van der Waals surface area contributed by atoms with Gasteiger partial charge in [0.1, 0.15) is 0 Å². The molecule has 2 heterocycles. The molecule has 2 unspecified atom stereocenters. The van der Waals surface area contributed by atoms with Crippen molar-refractivity contribution < 1.29 is 4.79 Å². The number of carbonyl (C=O) groups excluding carboxylic acids is 1. The Morgan fingerprint density at radius 1 is 1.25 bits per heavy atom. The Morgan fingerprint density at radius 2 is 2.07 bits per heavy atom. The van der Waals surface area contributed by atoms with Gasteiger partial charge in [-0.15, -0.1) is 0 Å². The molecule has 2 atom stereocenters. The molecule has 0 radical (unpaired) electrons. The fourth-order valence-corrected chi connectivity index (χ4v) is 4.94. The minimum Gasteiger partial charge on any atom is -0.352 e. The molecular formula is C24H33N3O. The van der Waals surface area contributed by atoms with Crippen LogP contribution in [0.25, 0.3) is 10.9 Å². The molecule has 3 aliphatic rings. The summed E-state index contributed by atoms with van der Waals surface area (Å²) in [4.78, 5) is 13.1. The highest BCUT2D eigenvalue weighted by Gasteiger charge is 2.33. The van der Waals surface area contributed by atoms with E-state index in [1.54, 1.807) is 0 Å². The van der Waals surface area contributed by atoms with Crippen LogP contribution >= 0.6 is 0 Å². The molecule has 2 fully saturated rings.